The van der Waals surface area contributed by atoms with E-state index < -0.39 is 6.61 Å². The second-order valence-corrected chi connectivity index (χ2v) is 4.76. The van der Waals surface area contributed by atoms with Crippen LogP contribution in [0.1, 0.15) is 18.9 Å². The van der Waals surface area contributed by atoms with Crippen molar-refractivity contribution in [3.05, 3.63) is 36.0 Å². The first-order chi connectivity index (χ1) is 10.1. The quantitative estimate of drug-likeness (QED) is 0.797. The summed E-state index contributed by atoms with van der Waals surface area (Å²) in [6.45, 7) is 0.972. The molecule has 0 saturated heterocycles. The number of hydrogen-bond donors (Lipinski definition) is 1. The van der Waals surface area contributed by atoms with Crippen LogP contribution in [0.15, 0.2) is 30.5 Å². The molecule has 1 aromatic carbocycles. The van der Waals surface area contributed by atoms with Crippen LogP contribution in [0, 0.1) is 0 Å². The average molecular weight is 295 g/mol. The minimum Gasteiger partial charge on any atom is -0.435 e. The van der Waals surface area contributed by atoms with Crippen LogP contribution in [0.3, 0.4) is 0 Å². The molecule has 0 amide bonds. The van der Waals surface area contributed by atoms with Gasteiger partial charge in [-0.1, -0.05) is 6.92 Å². The number of halogens is 2. The van der Waals surface area contributed by atoms with Gasteiger partial charge in [0.05, 0.1) is 5.69 Å². The Labute approximate surface area is 122 Å². The van der Waals surface area contributed by atoms with Crippen molar-refractivity contribution in [2.75, 3.05) is 6.54 Å². The van der Waals surface area contributed by atoms with Crippen molar-refractivity contribution in [2.45, 2.75) is 26.5 Å². The Bertz CT molecular complexity index is 567. The number of alkyl halides is 2. The van der Waals surface area contributed by atoms with Crippen molar-refractivity contribution in [2.24, 2.45) is 7.05 Å². The molecule has 114 valence electrons. The maximum Gasteiger partial charge on any atom is 0.387 e. The van der Waals surface area contributed by atoms with Gasteiger partial charge in [-0.2, -0.15) is 13.9 Å². The first-order valence-corrected chi connectivity index (χ1v) is 6.88. The van der Waals surface area contributed by atoms with E-state index >= 15 is 0 Å². The highest BCUT2D eigenvalue weighted by Gasteiger charge is 2.11. The third-order valence-corrected chi connectivity index (χ3v) is 3.00. The summed E-state index contributed by atoms with van der Waals surface area (Å²) in [4.78, 5) is 0. The van der Waals surface area contributed by atoms with Crippen LogP contribution in [0.5, 0.6) is 5.75 Å². The first kappa shape index (κ1) is 15.4. The van der Waals surface area contributed by atoms with Crippen molar-refractivity contribution in [1.29, 1.82) is 0 Å². The molecule has 0 unspecified atom stereocenters. The molecule has 0 bridgehead atoms. The standard InChI is InChI=1S/C15H19F2N3O/c1-3-8-18-9-12-10-20(2)19-14(12)11-4-6-13(7-5-11)21-15(16)17/h4-7,10,15,18H,3,8-9H2,1-2H3. The molecule has 1 heterocycles. The van der Waals surface area contributed by atoms with E-state index in [0.717, 1.165) is 36.3 Å². The van der Waals surface area contributed by atoms with Gasteiger partial charge in [0.1, 0.15) is 5.75 Å². The van der Waals surface area contributed by atoms with E-state index in [1.807, 2.05) is 13.2 Å². The molecule has 0 spiro atoms. The van der Waals surface area contributed by atoms with E-state index in [2.05, 4.69) is 22.1 Å². The largest absolute Gasteiger partial charge is 0.435 e. The molecule has 1 aromatic heterocycles. The Kier molecular flexibility index (Phi) is 5.27. The number of aromatic nitrogens is 2. The highest BCUT2D eigenvalue weighted by molar-refractivity contribution is 5.63. The molecule has 21 heavy (non-hydrogen) atoms. The van der Waals surface area contributed by atoms with Gasteiger partial charge < -0.3 is 10.1 Å². The lowest BCUT2D eigenvalue weighted by Crippen LogP contribution is -2.13. The first-order valence-electron chi connectivity index (χ1n) is 6.88. The van der Waals surface area contributed by atoms with E-state index in [-0.39, 0.29) is 5.75 Å². The van der Waals surface area contributed by atoms with Crippen LogP contribution in [0.25, 0.3) is 11.3 Å². The number of hydrogen-bond acceptors (Lipinski definition) is 3. The molecule has 0 aliphatic rings. The smallest absolute Gasteiger partial charge is 0.387 e. The van der Waals surface area contributed by atoms with Gasteiger partial charge in [0.25, 0.3) is 0 Å². The summed E-state index contributed by atoms with van der Waals surface area (Å²) >= 11 is 0. The third-order valence-electron chi connectivity index (χ3n) is 3.00. The number of rotatable bonds is 7. The summed E-state index contributed by atoms with van der Waals surface area (Å²) in [6, 6.07) is 6.53. The highest BCUT2D eigenvalue weighted by atomic mass is 19.3. The van der Waals surface area contributed by atoms with E-state index in [9.17, 15) is 8.78 Å². The van der Waals surface area contributed by atoms with Gasteiger partial charge in [0.2, 0.25) is 0 Å². The maximum atomic E-state index is 12.1. The summed E-state index contributed by atoms with van der Waals surface area (Å²) in [7, 11) is 1.86. The number of nitrogens with one attached hydrogen (secondary N) is 1. The molecule has 0 aliphatic carbocycles. The fourth-order valence-corrected chi connectivity index (χ4v) is 2.10. The fraction of sp³-hybridized carbons (Fsp3) is 0.400. The number of ether oxygens (including phenoxy) is 1. The van der Waals surface area contributed by atoms with E-state index in [1.54, 1.807) is 16.8 Å². The van der Waals surface area contributed by atoms with Crippen LogP contribution in [-0.4, -0.2) is 22.9 Å². The van der Waals surface area contributed by atoms with Crippen LogP contribution in [-0.2, 0) is 13.6 Å². The fourth-order valence-electron chi connectivity index (χ4n) is 2.10. The lowest BCUT2D eigenvalue weighted by molar-refractivity contribution is -0.0498. The average Bonchev–Trinajstić information content (AvgIpc) is 2.80. The zero-order chi connectivity index (χ0) is 15.2. The monoisotopic (exact) mass is 295 g/mol. The van der Waals surface area contributed by atoms with Crippen molar-refractivity contribution in [3.63, 3.8) is 0 Å². The summed E-state index contributed by atoms with van der Waals surface area (Å²) in [5, 5.41) is 7.77. The topological polar surface area (TPSA) is 39.1 Å². The summed E-state index contributed by atoms with van der Waals surface area (Å²) in [5.74, 6) is 0.148. The molecule has 0 saturated carbocycles. The molecule has 6 heteroatoms. The second-order valence-electron chi connectivity index (χ2n) is 4.76. The molecule has 1 N–H and O–H groups in total. The number of benzene rings is 1. The Morgan fingerprint density at radius 2 is 2.00 bits per heavy atom. The van der Waals surface area contributed by atoms with Gasteiger partial charge >= 0.3 is 6.61 Å². The van der Waals surface area contributed by atoms with Crippen LogP contribution >= 0.6 is 0 Å². The molecule has 2 rings (SSSR count). The number of aryl methyl sites for hydroxylation is 1. The van der Waals surface area contributed by atoms with Crippen LogP contribution < -0.4 is 10.1 Å². The predicted octanol–water partition coefficient (Wildman–Crippen LogP) is 3.19. The lowest BCUT2D eigenvalue weighted by Gasteiger charge is -2.06. The highest BCUT2D eigenvalue weighted by Crippen LogP contribution is 2.25. The third kappa shape index (κ3) is 4.26. The second kappa shape index (κ2) is 7.17. The van der Waals surface area contributed by atoms with Gasteiger partial charge in [0.15, 0.2) is 0 Å². The summed E-state index contributed by atoms with van der Waals surface area (Å²) in [6.07, 6.45) is 3.02. The molecule has 4 nitrogen and oxygen atoms in total. The molecule has 0 aliphatic heterocycles. The van der Waals surface area contributed by atoms with E-state index in [1.165, 1.54) is 12.1 Å². The lowest BCUT2D eigenvalue weighted by atomic mass is 10.1. The van der Waals surface area contributed by atoms with Crippen molar-refractivity contribution >= 4 is 0 Å². The molecule has 0 fully saturated rings. The van der Waals surface area contributed by atoms with Gasteiger partial charge in [-0.05, 0) is 37.2 Å². The van der Waals surface area contributed by atoms with Gasteiger partial charge in [-0.3, -0.25) is 4.68 Å². The zero-order valence-electron chi connectivity index (χ0n) is 12.1. The van der Waals surface area contributed by atoms with Crippen molar-refractivity contribution < 1.29 is 13.5 Å². The minimum absolute atomic E-state index is 0.148. The molecule has 0 atom stereocenters. The van der Waals surface area contributed by atoms with Crippen molar-refractivity contribution in [3.8, 4) is 17.0 Å². The summed E-state index contributed by atoms with van der Waals surface area (Å²) < 4.78 is 30.4. The molecule has 0 radical (unpaired) electrons. The Morgan fingerprint density at radius 3 is 2.62 bits per heavy atom. The maximum absolute atomic E-state index is 12.1. The SMILES string of the molecule is CCCNCc1cn(C)nc1-c1ccc(OC(F)F)cc1. The van der Waals surface area contributed by atoms with E-state index in [4.69, 9.17) is 0 Å². The van der Waals surface area contributed by atoms with E-state index in [0.29, 0.717) is 0 Å². The molecular formula is C15H19F2N3O. The normalized spacial score (nSPS) is 11.1. The number of nitrogens with zero attached hydrogens (tertiary/aromatic N) is 2. The van der Waals surface area contributed by atoms with Gasteiger partial charge in [-0.15, -0.1) is 0 Å². The molecular weight excluding hydrogens is 276 g/mol. The zero-order valence-corrected chi connectivity index (χ0v) is 12.1. The molecule has 2 aromatic rings. The Morgan fingerprint density at radius 1 is 1.29 bits per heavy atom. The Balaban J connectivity index is 2.16. The van der Waals surface area contributed by atoms with Crippen LogP contribution in [0.2, 0.25) is 0 Å². The minimum atomic E-state index is -2.81. The van der Waals surface area contributed by atoms with Gasteiger partial charge in [-0.25, -0.2) is 0 Å². The Hall–Kier alpha value is -1.95. The summed E-state index contributed by atoms with van der Waals surface area (Å²) in [5.41, 5.74) is 2.81. The van der Waals surface area contributed by atoms with Gasteiger partial charge in [0, 0.05) is 30.9 Å². The predicted molar refractivity (Wildman–Crippen MR) is 77.3 cm³/mol. The van der Waals surface area contributed by atoms with Crippen molar-refractivity contribution in [1.82, 2.24) is 15.1 Å². The van der Waals surface area contributed by atoms with Crippen LogP contribution in [0.4, 0.5) is 8.78 Å².